The maximum Gasteiger partial charge on any atom is 0.193 e. The first kappa shape index (κ1) is 19.2. The summed E-state index contributed by atoms with van der Waals surface area (Å²) >= 11 is 0. The van der Waals surface area contributed by atoms with Crippen LogP contribution in [-0.2, 0) is 6.42 Å². The lowest BCUT2D eigenvalue weighted by molar-refractivity contribution is 0.403. The van der Waals surface area contributed by atoms with Gasteiger partial charge in [-0.2, -0.15) is 0 Å². The van der Waals surface area contributed by atoms with Crippen molar-refractivity contribution < 1.29 is 0 Å². The molecule has 124 valence electrons. The van der Waals surface area contributed by atoms with Crippen molar-refractivity contribution in [3.05, 3.63) is 30.1 Å². The van der Waals surface area contributed by atoms with E-state index in [0.717, 1.165) is 49.5 Å². The minimum Gasteiger partial charge on any atom is -0.356 e. The number of guanidine groups is 1. The van der Waals surface area contributed by atoms with E-state index < -0.39 is 0 Å². The highest BCUT2D eigenvalue weighted by molar-refractivity contribution is 14.0. The molecule has 1 atom stereocenters. The number of nitrogens with one attached hydrogen (secondary N) is 1. The number of aromatic nitrogens is 1. The molecule has 0 aliphatic carbocycles. The van der Waals surface area contributed by atoms with E-state index in [-0.39, 0.29) is 24.0 Å². The molecule has 2 rings (SSSR count). The van der Waals surface area contributed by atoms with Crippen molar-refractivity contribution in [3.8, 4) is 0 Å². The Morgan fingerprint density at radius 1 is 1.45 bits per heavy atom. The van der Waals surface area contributed by atoms with Crippen LogP contribution in [0.4, 0.5) is 0 Å². The molecule has 1 aromatic rings. The maximum atomic E-state index is 4.43. The Hall–Kier alpha value is -0.850. The van der Waals surface area contributed by atoms with Gasteiger partial charge in [0.15, 0.2) is 5.96 Å². The highest BCUT2D eigenvalue weighted by Crippen LogP contribution is 2.23. The Bertz CT molecular complexity index is 447. The van der Waals surface area contributed by atoms with Gasteiger partial charge in [0.2, 0.25) is 0 Å². The molecule has 0 saturated carbocycles. The van der Waals surface area contributed by atoms with Gasteiger partial charge < -0.3 is 10.2 Å². The number of hydrogen-bond acceptors (Lipinski definition) is 2. The lowest BCUT2D eigenvalue weighted by Crippen LogP contribution is -2.41. The third-order valence-corrected chi connectivity index (χ3v) is 3.99. The van der Waals surface area contributed by atoms with Crippen LogP contribution in [0.1, 0.15) is 32.4 Å². The van der Waals surface area contributed by atoms with E-state index in [1.54, 1.807) is 0 Å². The van der Waals surface area contributed by atoms with Crippen LogP contribution >= 0.6 is 24.0 Å². The Balaban J connectivity index is 0.00000242. The maximum absolute atomic E-state index is 4.43. The number of pyridine rings is 1. The van der Waals surface area contributed by atoms with Gasteiger partial charge in [0.05, 0.1) is 0 Å². The summed E-state index contributed by atoms with van der Waals surface area (Å²) in [5, 5.41) is 3.47. The van der Waals surface area contributed by atoms with Gasteiger partial charge in [-0.15, -0.1) is 24.0 Å². The molecule has 1 aromatic heterocycles. The van der Waals surface area contributed by atoms with Crippen LogP contribution < -0.4 is 5.32 Å². The van der Waals surface area contributed by atoms with Gasteiger partial charge in [-0.05, 0) is 36.8 Å². The van der Waals surface area contributed by atoms with Crippen molar-refractivity contribution in [2.75, 3.05) is 26.7 Å². The molecule has 1 aliphatic rings. The van der Waals surface area contributed by atoms with Crippen LogP contribution in [0.25, 0.3) is 0 Å². The molecule has 0 amide bonds. The molecule has 4 nitrogen and oxygen atoms in total. The summed E-state index contributed by atoms with van der Waals surface area (Å²) in [7, 11) is 1.87. The van der Waals surface area contributed by atoms with Crippen LogP contribution in [0.2, 0.25) is 0 Å². The molecule has 1 unspecified atom stereocenters. The molecule has 1 saturated heterocycles. The van der Waals surface area contributed by atoms with E-state index in [2.05, 4.69) is 40.1 Å². The quantitative estimate of drug-likeness (QED) is 0.456. The molecule has 1 aliphatic heterocycles. The van der Waals surface area contributed by atoms with Crippen molar-refractivity contribution >= 4 is 29.9 Å². The van der Waals surface area contributed by atoms with E-state index in [0.29, 0.717) is 0 Å². The van der Waals surface area contributed by atoms with Crippen molar-refractivity contribution in [1.82, 2.24) is 15.2 Å². The predicted molar refractivity (Wildman–Crippen MR) is 104 cm³/mol. The molecular weight excluding hydrogens is 387 g/mol. The van der Waals surface area contributed by atoms with Crippen molar-refractivity contribution in [1.29, 1.82) is 0 Å². The number of halogens is 1. The van der Waals surface area contributed by atoms with Gasteiger partial charge in [0.25, 0.3) is 0 Å². The second-order valence-electron chi connectivity index (χ2n) is 6.28. The van der Waals surface area contributed by atoms with Gasteiger partial charge in [0.1, 0.15) is 0 Å². The Morgan fingerprint density at radius 3 is 2.91 bits per heavy atom. The monoisotopic (exact) mass is 416 g/mol. The van der Waals surface area contributed by atoms with Gasteiger partial charge in [-0.1, -0.05) is 19.9 Å². The topological polar surface area (TPSA) is 40.5 Å². The van der Waals surface area contributed by atoms with Crippen LogP contribution in [-0.4, -0.2) is 42.5 Å². The average molecular weight is 416 g/mol. The molecule has 0 radical (unpaired) electrons. The fraction of sp³-hybridized carbons (Fsp3) is 0.647. The smallest absolute Gasteiger partial charge is 0.193 e. The van der Waals surface area contributed by atoms with Gasteiger partial charge in [-0.3, -0.25) is 9.98 Å². The number of rotatable bonds is 5. The first-order valence-electron chi connectivity index (χ1n) is 8.04. The SMILES string of the molecule is CN=C(NCCc1ccccn1)N1CCC(CC(C)C)C1.I. The Morgan fingerprint density at radius 2 is 2.27 bits per heavy atom. The average Bonchev–Trinajstić information content (AvgIpc) is 2.92. The number of aliphatic imine (C=N–C) groups is 1. The second kappa shape index (κ2) is 10.0. The lowest BCUT2D eigenvalue weighted by Gasteiger charge is -2.22. The molecule has 5 heteroatoms. The van der Waals surface area contributed by atoms with Crippen molar-refractivity contribution in [3.63, 3.8) is 0 Å². The number of nitrogens with zero attached hydrogens (tertiary/aromatic N) is 3. The van der Waals surface area contributed by atoms with Crippen LogP contribution in [0.15, 0.2) is 29.4 Å². The standard InChI is InChI=1S/C17H28N4.HI/c1-14(2)12-15-8-11-21(13-15)17(18-3)20-10-7-16-6-4-5-9-19-16;/h4-6,9,14-15H,7-8,10-13H2,1-3H3,(H,18,20);1H. The highest BCUT2D eigenvalue weighted by atomic mass is 127. The van der Waals surface area contributed by atoms with E-state index >= 15 is 0 Å². The summed E-state index contributed by atoms with van der Waals surface area (Å²) in [6.07, 6.45) is 5.39. The Kier molecular flexibility index (Phi) is 8.75. The van der Waals surface area contributed by atoms with Gasteiger partial charge in [0, 0.05) is 45.0 Å². The van der Waals surface area contributed by atoms with E-state index in [1.807, 2.05) is 25.4 Å². The first-order valence-corrected chi connectivity index (χ1v) is 8.04. The molecular formula is C17H29IN4. The fourth-order valence-electron chi connectivity index (χ4n) is 3.06. The van der Waals surface area contributed by atoms with E-state index in [4.69, 9.17) is 0 Å². The lowest BCUT2D eigenvalue weighted by atomic mass is 9.97. The number of hydrogen-bond donors (Lipinski definition) is 1. The molecule has 2 heterocycles. The largest absolute Gasteiger partial charge is 0.356 e. The van der Waals surface area contributed by atoms with Crippen molar-refractivity contribution in [2.24, 2.45) is 16.8 Å². The second-order valence-corrected chi connectivity index (χ2v) is 6.28. The normalized spacial score (nSPS) is 18.5. The molecule has 1 N–H and O–H groups in total. The summed E-state index contributed by atoms with van der Waals surface area (Å²) in [5.41, 5.74) is 1.12. The minimum absolute atomic E-state index is 0. The molecule has 22 heavy (non-hydrogen) atoms. The van der Waals surface area contributed by atoms with Crippen molar-refractivity contribution in [2.45, 2.75) is 33.1 Å². The van der Waals surface area contributed by atoms with Crippen LogP contribution in [0.5, 0.6) is 0 Å². The molecule has 1 fully saturated rings. The summed E-state index contributed by atoms with van der Waals surface area (Å²) in [5.74, 6) is 2.64. The van der Waals surface area contributed by atoms with Gasteiger partial charge >= 0.3 is 0 Å². The molecule has 0 aromatic carbocycles. The first-order chi connectivity index (χ1) is 10.2. The zero-order valence-corrected chi connectivity index (χ0v) is 16.3. The van der Waals surface area contributed by atoms with Crippen LogP contribution in [0.3, 0.4) is 0 Å². The third kappa shape index (κ3) is 6.10. The Labute approximate surface area is 151 Å². The zero-order chi connectivity index (χ0) is 15.1. The van der Waals surface area contributed by atoms with E-state index in [1.165, 1.54) is 12.8 Å². The van der Waals surface area contributed by atoms with Crippen LogP contribution in [0, 0.1) is 11.8 Å². The zero-order valence-electron chi connectivity index (χ0n) is 14.0. The van der Waals surface area contributed by atoms with Gasteiger partial charge in [-0.25, -0.2) is 0 Å². The molecule has 0 spiro atoms. The summed E-state index contributed by atoms with van der Waals surface area (Å²) < 4.78 is 0. The summed E-state index contributed by atoms with van der Waals surface area (Å²) in [6, 6.07) is 6.06. The predicted octanol–water partition coefficient (Wildman–Crippen LogP) is 3.19. The summed E-state index contributed by atoms with van der Waals surface area (Å²) in [4.78, 5) is 11.2. The fourth-order valence-corrected chi connectivity index (χ4v) is 3.06. The molecule has 0 bridgehead atoms. The van der Waals surface area contributed by atoms with E-state index in [9.17, 15) is 0 Å². The third-order valence-electron chi connectivity index (χ3n) is 3.99. The highest BCUT2D eigenvalue weighted by Gasteiger charge is 2.25. The summed E-state index contributed by atoms with van der Waals surface area (Å²) in [6.45, 7) is 7.77. The number of likely N-dealkylation sites (tertiary alicyclic amines) is 1. The minimum atomic E-state index is 0.